The van der Waals surface area contributed by atoms with Gasteiger partial charge in [0.2, 0.25) is 5.88 Å². The molecule has 6 heteroatoms. The zero-order chi connectivity index (χ0) is 16.0. The molecule has 1 aromatic heterocycles. The van der Waals surface area contributed by atoms with Crippen LogP contribution in [0.2, 0.25) is 0 Å². The molecule has 0 radical (unpaired) electrons. The van der Waals surface area contributed by atoms with Crippen molar-refractivity contribution in [1.82, 2.24) is 10.3 Å². The maximum atomic E-state index is 13.0. The van der Waals surface area contributed by atoms with Gasteiger partial charge in [0.25, 0.3) is 0 Å². The molecular weight excluding hydrogens is 293 g/mol. The first-order valence-corrected chi connectivity index (χ1v) is 6.91. The highest BCUT2D eigenvalue weighted by Gasteiger charge is 2.35. The molecule has 0 spiro atoms. The number of hydrogen-bond donors (Lipinski definition) is 1. The number of benzene rings is 1. The Labute approximate surface area is 127 Å². The topological polar surface area (TPSA) is 34.1 Å². The zero-order valence-electron chi connectivity index (χ0n) is 12.1. The molecule has 0 aliphatic rings. The van der Waals surface area contributed by atoms with Crippen LogP contribution in [0.3, 0.4) is 0 Å². The van der Waals surface area contributed by atoms with E-state index in [2.05, 4.69) is 10.3 Å². The smallest absolute Gasteiger partial charge is 0.421 e. The van der Waals surface area contributed by atoms with Gasteiger partial charge in [0.1, 0.15) is 11.7 Å². The maximum absolute atomic E-state index is 13.0. The Hall–Kier alpha value is -2.08. The minimum absolute atomic E-state index is 0.389. The van der Waals surface area contributed by atoms with Crippen LogP contribution in [0.5, 0.6) is 5.88 Å². The SMILES string of the molecule is CNCCC(Oc1ncccc1C(F)(F)F)c1ccccc1. The average molecular weight is 310 g/mol. The lowest BCUT2D eigenvalue weighted by Crippen LogP contribution is -2.18. The molecule has 1 heterocycles. The van der Waals surface area contributed by atoms with Crippen LogP contribution in [-0.4, -0.2) is 18.6 Å². The molecule has 3 nitrogen and oxygen atoms in total. The lowest BCUT2D eigenvalue weighted by atomic mass is 10.1. The number of rotatable bonds is 6. The number of aromatic nitrogens is 1. The van der Waals surface area contributed by atoms with E-state index in [-0.39, 0.29) is 5.88 Å². The fourth-order valence-corrected chi connectivity index (χ4v) is 2.07. The largest absolute Gasteiger partial charge is 0.469 e. The third-order valence-corrected chi connectivity index (χ3v) is 3.16. The van der Waals surface area contributed by atoms with Crippen molar-refractivity contribution >= 4 is 0 Å². The lowest BCUT2D eigenvalue weighted by Gasteiger charge is -2.21. The van der Waals surface area contributed by atoms with E-state index in [0.29, 0.717) is 13.0 Å². The lowest BCUT2D eigenvalue weighted by molar-refractivity contribution is -0.139. The van der Waals surface area contributed by atoms with Gasteiger partial charge in [0, 0.05) is 12.6 Å². The monoisotopic (exact) mass is 310 g/mol. The van der Waals surface area contributed by atoms with Gasteiger partial charge in [-0.25, -0.2) is 4.98 Å². The average Bonchev–Trinajstić information content (AvgIpc) is 2.51. The molecule has 1 atom stereocenters. The first-order valence-electron chi connectivity index (χ1n) is 6.91. The summed E-state index contributed by atoms with van der Waals surface area (Å²) in [5, 5.41) is 2.98. The quantitative estimate of drug-likeness (QED) is 0.880. The summed E-state index contributed by atoms with van der Waals surface area (Å²) in [6.45, 7) is 0.619. The van der Waals surface area contributed by atoms with Crippen molar-refractivity contribution < 1.29 is 17.9 Å². The molecule has 1 N–H and O–H groups in total. The van der Waals surface area contributed by atoms with Crippen LogP contribution in [0.4, 0.5) is 13.2 Å². The summed E-state index contributed by atoms with van der Waals surface area (Å²) in [4.78, 5) is 3.76. The highest BCUT2D eigenvalue weighted by Crippen LogP contribution is 2.36. The van der Waals surface area contributed by atoms with E-state index in [1.807, 2.05) is 30.3 Å². The minimum Gasteiger partial charge on any atom is -0.469 e. The molecule has 118 valence electrons. The predicted molar refractivity (Wildman–Crippen MR) is 77.6 cm³/mol. The molecule has 0 fully saturated rings. The van der Waals surface area contributed by atoms with Gasteiger partial charge in [-0.1, -0.05) is 30.3 Å². The van der Waals surface area contributed by atoms with Crippen LogP contribution in [0.15, 0.2) is 48.7 Å². The number of hydrogen-bond acceptors (Lipinski definition) is 3. The number of ether oxygens (including phenoxy) is 1. The number of halogens is 3. The third kappa shape index (κ3) is 4.21. The van der Waals surface area contributed by atoms with Gasteiger partial charge in [0.15, 0.2) is 0 Å². The van der Waals surface area contributed by atoms with Crippen molar-refractivity contribution in [3.05, 3.63) is 59.8 Å². The van der Waals surface area contributed by atoms with E-state index in [1.165, 1.54) is 12.3 Å². The molecule has 1 unspecified atom stereocenters. The standard InChI is InChI=1S/C16H17F3N2O/c1-20-11-9-14(12-6-3-2-4-7-12)22-15-13(16(17,18)19)8-5-10-21-15/h2-8,10,14,20H,9,11H2,1H3. The van der Waals surface area contributed by atoms with Crippen LogP contribution in [-0.2, 0) is 6.18 Å². The van der Waals surface area contributed by atoms with Gasteiger partial charge in [-0.3, -0.25) is 0 Å². The highest BCUT2D eigenvalue weighted by atomic mass is 19.4. The predicted octanol–water partition coefficient (Wildman–Crippen LogP) is 3.83. The number of alkyl halides is 3. The van der Waals surface area contributed by atoms with E-state index in [0.717, 1.165) is 11.6 Å². The summed E-state index contributed by atoms with van der Waals surface area (Å²) in [5.74, 6) is -0.389. The van der Waals surface area contributed by atoms with Gasteiger partial charge in [-0.2, -0.15) is 13.2 Å². The van der Waals surface area contributed by atoms with Crippen molar-refractivity contribution in [2.75, 3.05) is 13.6 Å². The second-order valence-electron chi connectivity index (χ2n) is 4.76. The van der Waals surface area contributed by atoms with Crippen molar-refractivity contribution in [1.29, 1.82) is 0 Å². The van der Waals surface area contributed by atoms with Gasteiger partial charge < -0.3 is 10.1 Å². The molecule has 22 heavy (non-hydrogen) atoms. The second kappa shape index (κ2) is 7.26. The van der Waals surface area contributed by atoms with Crippen molar-refractivity contribution in [2.45, 2.75) is 18.7 Å². The molecule has 0 saturated carbocycles. The van der Waals surface area contributed by atoms with Crippen molar-refractivity contribution in [2.24, 2.45) is 0 Å². The third-order valence-electron chi connectivity index (χ3n) is 3.16. The van der Waals surface area contributed by atoms with Crippen LogP contribution in [0.25, 0.3) is 0 Å². The van der Waals surface area contributed by atoms with E-state index < -0.39 is 17.8 Å². The summed E-state index contributed by atoms with van der Waals surface area (Å²) in [6.07, 6.45) is -3.16. The maximum Gasteiger partial charge on any atom is 0.421 e. The van der Waals surface area contributed by atoms with Crippen molar-refractivity contribution in [3.8, 4) is 5.88 Å². The fraction of sp³-hybridized carbons (Fsp3) is 0.312. The van der Waals surface area contributed by atoms with E-state index in [9.17, 15) is 13.2 Å². The van der Waals surface area contributed by atoms with Crippen LogP contribution in [0, 0.1) is 0 Å². The Morgan fingerprint density at radius 3 is 2.50 bits per heavy atom. The summed E-state index contributed by atoms with van der Waals surface area (Å²) >= 11 is 0. The molecule has 2 rings (SSSR count). The first kappa shape index (κ1) is 16.3. The molecule has 0 saturated heterocycles. The number of nitrogens with one attached hydrogen (secondary N) is 1. The Morgan fingerprint density at radius 2 is 1.86 bits per heavy atom. The summed E-state index contributed by atoms with van der Waals surface area (Å²) in [5.41, 5.74) is -0.0445. The van der Waals surface area contributed by atoms with Gasteiger partial charge in [0.05, 0.1) is 0 Å². The van der Waals surface area contributed by atoms with Crippen LogP contribution in [0.1, 0.15) is 23.7 Å². The molecular formula is C16H17F3N2O. The van der Waals surface area contributed by atoms with Gasteiger partial charge in [-0.15, -0.1) is 0 Å². The van der Waals surface area contributed by atoms with Gasteiger partial charge in [-0.05, 0) is 31.3 Å². The summed E-state index contributed by atoms with van der Waals surface area (Å²) in [7, 11) is 1.78. The van der Waals surface area contributed by atoms with Crippen LogP contribution >= 0.6 is 0 Å². The molecule has 0 aliphatic carbocycles. The Morgan fingerprint density at radius 1 is 1.14 bits per heavy atom. The van der Waals surface area contributed by atoms with E-state index in [4.69, 9.17) is 4.74 Å². The first-order chi connectivity index (χ1) is 10.5. The van der Waals surface area contributed by atoms with Crippen LogP contribution < -0.4 is 10.1 Å². The molecule has 0 bridgehead atoms. The van der Waals surface area contributed by atoms with Crippen molar-refractivity contribution in [3.63, 3.8) is 0 Å². The Bertz CT molecular complexity index is 587. The van der Waals surface area contributed by atoms with E-state index >= 15 is 0 Å². The Balaban J connectivity index is 2.28. The number of pyridine rings is 1. The normalized spacial score (nSPS) is 12.9. The fourth-order valence-electron chi connectivity index (χ4n) is 2.07. The number of nitrogens with zero attached hydrogens (tertiary/aromatic N) is 1. The summed E-state index contributed by atoms with van der Waals surface area (Å²) in [6, 6.07) is 11.4. The van der Waals surface area contributed by atoms with Gasteiger partial charge >= 0.3 is 6.18 Å². The molecule has 0 amide bonds. The highest BCUT2D eigenvalue weighted by molar-refractivity contribution is 5.29. The minimum atomic E-state index is -4.49. The summed E-state index contributed by atoms with van der Waals surface area (Å²) < 4.78 is 44.7. The van der Waals surface area contributed by atoms with E-state index in [1.54, 1.807) is 7.05 Å². The molecule has 2 aromatic rings. The Kier molecular flexibility index (Phi) is 5.38. The molecule has 0 aliphatic heterocycles. The molecule has 1 aromatic carbocycles. The zero-order valence-corrected chi connectivity index (χ0v) is 12.1. The second-order valence-corrected chi connectivity index (χ2v) is 4.76.